The van der Waals surface area contributed by atoms with Crippen LogP contribution in [0.1, 0.15) is 63.7 Å². The van der Waals surface area contributed by atoms with Gasteiger partial charge in [-0.25, -0.2) is 23.1 Å². The van der Waals surface area contributed by atoms with Crippen LogP contribution in [0.3, 0.4) is 0 Å². The predicted octanol–water partition coefficient (Wildman–Crippen LogP) is 4.87. The molecule has 6 rings (SSSR count). The number of nitrogens with one attached hydrogen (secondary N) is 2. The summed E-state index contributed by atoms with van der Waals surface area (Å²) < 4.78 is 40.2. The summed E-state index contributed by atoms with van der Waals surface area (Å²) in [6, 6.07) is 9.06. The van der Waals surface area contributed by atoms with E-state index in [0.29, 0.717) is 41.1 Å². The number of rotatable bonds is 12. The summed E-state index contributed by atoms with van der Waals surface area (Å²) in [6.45, 7) is 11.1. The van der Waals surface area contributed by atoms with Crippen LogP contribution in [0.25, 0.3) is 10.8 Å². The molecule has 14 nitrogen and oxygen atoms in total. The van der Waals surface area contributed by atoms with Crippen molar-refractivity contribution in [3.05, 3.63) is 71.9 Å². The second kappa shape index (κ2) is 14.4. The number of fused-ring (bicyclic) bond motifs is 1. The number of primary amides is 1. The first-order valence-corrected chi connectivity index (χ1v) is 19.6. The molecule has 1 unspecified atom stereocenters. The number of carbonyl (C=O) groups excluding carboxylic acids is 4. The third-order valence-corrected chi connectivity index (χ3v) is 12.4. The molecule has 16 heteroatoms. The standard InChI is InChI=1S/C38H45ClN6O8S/c1-7-23-18-38(23,35(48)43-54(50,51)27-13-14-27)45(34(47)31(37(3,4)5)42-25-11-8-22(9-12-25)32(40)46)36(49)44-20-26(16-21(44)2)53-33-29-17-24(39)10-15-28(29)30(52-6)19-41-33/h7-12,15,17,19,21,23,26-27,31,42H,1,13-14,16,18,20H2,2-6H3,(H2,40,46)(H,43,48)/t21?,23-,26-,31+,38-/m1/s1. The van der Waals surface area contributed by atoms with Crippen LogP contribution in [0.2, 0.25) is 5.02 Å². The SMILES string of the molecule is C=C[C@@H]1C[C@@]1(C(=O)NS(=O)(=O)C1CC1)N(C(=O)[C@H](Nc1ccc(C(N)=O)cc1)C(C)(C)C)C(=O)N1C[C@H](Oc2ncc(OC)c3ccc(Cl)cc23)CC1C. The number of methoxy groups -OCH3 is 1. The van der Waals surface area contributed by atoms with Gasteiger partial charge in [-0.1, -0.05) is 38.4 Å². The van der Waals surface area contributed by atoms with Gasteiger partial charge >= 0.3 is 6.03 Å². The van der Waals surface area contributed by atoms with Gasteiger partial charge in [0.05, 0.1) is 25.1 Å². The van der Waals surface area contributed by atoms with Crippen molar-refractivity contribution in [1.29, 1.82) is 0 Å². The molecule has 3 aromatic rings. The molecular weight excluding hydrogens is 736 g/mol. The van der Waals surface area contributed by atoms with Gasteiger partial charge in [0, 0.05) is 45.4 Å². The molecule has 2 aliphatic carbocycles. The molecule has 3 fully saturated rings. The summed E-state index contributed by atoms with van der Waals surface area (Å²) in [7, 11) is -2.52. The van der Waals surface area contributed by atoms with E-state index >= 15 is 4.79 Å². The number of likely N-dealkylation sites (tertiary alicyclic amines) is 1. The van der Waals surface area contributed by atoms with Gasteiger partial charge in [0.1, 0.15) is 23.4 Å². The number of nitrogens with two attached hydrogens (primary N) is 1. The molecule has 0 bridgehead atoms. The molecule has 5 amide bonds. The molecule has 5 atom stereocenters. The Kier molecular flexibility index (Phi) is 10.4. The maximum Gasteiger partial charge on any atom is 0.328 e. The number of carbonyl (C=O) groups is 4. The van der Waals surface area contributed by atoms with Gasteiger partial charge in [0.2, 0.25) is 21.8 Å². The molecule has 4 N–H and O–H groups in total. The molecule has 288 valence electrons. The fraction of sp³-hybridized carbons (Fsp3) is 0.447. The van der Waals surface area contributed by atoms with E-state index < -0.39 is 74.1 Å². The van der Waals surface area contributed by atoms with Crippen molar-refractivity contribution in [3.63, 3.8) is 0 Å². The van der Waals surface area contributed by atoms with Crippen molar-refractivity contribution in [1.82, 2.24) is 19.5 Å². The lowest BCUT2D eigenvalue weighted by molar-refractivity contribution is -0.141. The fourth-order valence-electron chi connectivity index (χ4n) is 7.03. The van der Waals surface area contributed by atoms with E-state index in [1.54, 1.807) is 51.1 Å². The Morgan fingerprint density at radius 1 is 1.13 bits per heavy atom. The number of pyridine rings is 1. The Bertz CT molecular complexity index is 2120. The number of hydrogen-bond donors (Lipinski definition) is 3. The van der Waals surface area contributed by atoms with E-state index in [0.717, 1.165) is 10.3 Å². The zero-order valence-corrected chi connectivity index (χ0v) is 32.4. The number of imide groups is 1. The second-order valence-electron chi connectivity index (χ2n) is 15.3. The van der Waals surface area contributed by atoms with Crippen molar-refractivity contribution < 1.29 is 37.1 Å². The van der Waals surface area contributed by atoms with Gasteiger partial charge in [0.25, 0.3) is 11.8 Å². The molecule has 1 aromatic heterocycles. The highest BCUT2D eigenvalue weighted by Gasteiger charge is 2.68. The van der Waals surface area contributed by atoms with Gasteiger partial charge in [-0.3, -0.25) is 19.1 Å². The van der Waals surface area contributed by atoms with Crippen LogP contribution in [-0.4, -0.2) is 89.6 Å². The Morgan fingerprint density at radius 3 is 2.39 bits per heavy atom. The average Bonchev–Trinajstić information content (AvgIpc) is 4.04. The number of nitrogens with zero attached hydrogens (tertiary/aromatic N) is 3. The second-order valence-corrected chi connectivity index (χ2v) is 17.7. The molecule has 2 saturated carbocycles. The largest absolute Gasteiger partial charge is 0.494 e. The van der Waals surface area contributed by atoms with Crippen molar-refractivity contribution in [2.24, 2.45) is 17.1 Å². The summed E-state index contributed by atoms with van der Waals surface area (Å²) in [5, 5.41) is 4.28. The number of amides is 5. The van der Waals surface area contributed by atoms with Crippen LogP contribution in [-0.2, 0) is 19.6 Å². The number of ether oxygens (including phenoxy) is 2. The average molecular weight is 781 g/mol. The van der Waals surface area contributed by atoms with Crippen LogP contribution >= 0.6 is 11.6 Å². The molecule has 1 saturated heterocycles. The van der Waals surface area contributed by atoms with Crippen LogP contribution < -0.4 is 25.2 Å². The van der Waals surface area contributed by atoms with Crippen molar-refractivity contribution in [2.45, 2.75) is 82.4 Å². The Balaban J connectivity index is 1.36. The maximum absolute atomic E-state index is 15.1. The number of anilines is 1. The highest BCUT2D eigenvalue weighted by molar-refractivity contribution is 7.91. The normalized spacial score (nSPS) is 22.9. The van der Waals surface area contributed by atoms with E-state index in [-0.39, 0.29) is 24.4 Å². The smallest absolute Gasteiger partial charge is 0.328 e. The number of hydrogen-bond acceptors (Lipinski definition) is 10. The molecule has 54 heavy (non-hydrogen) atoms. The first-order chi connectivity index (χ1) is 25.4. The number of urea groups is 1. The molecule has 3 aliphatic rings. The van der Waals surface area contributed by atoms with Crippen molar-refractivity contribution >= 4 is 61.8 Å². The molecule has 0 spiro atoms. The first-order valence-electron chi connectivity index (χ1n) is 17.7. The van der Waals surface area contributed by atoms with Crippen LogP contribution in [0.5, 0.6) is 11.6 Å². The van der Waals surface area contributed by atoms with Crippen molar-refractivity contribution in [3.8, 4) is 11.6 Å². The third kappa shape index (κ3) is 7.43. The Morgan fingerprint density at radius 2 is 1.81 bits per heavy atom. The molecule has 0 radical (unpaired) electrons. The first kappa shape index (κ1) is 38.8. The molecule has 2 heterocycles. The molecule has 1 aliphatic heterocycles. The quantitative estimate of drug-likeness (QED) is 0.214. The number of sulfonamides is 1. The van der Waals surface area contributed by atoms with Gasteiger partial charge in [-0.2, -0.15) is 0 Å². The van der Waals surface area contributed by atoms with E-state index in [9.17, 15) is 22.8 Å². The van der Waals surface area contributed by atoms with Gasteiger partial charge in [-0.15, -0.1) is 6.58 Å². The molecular formula is C38H45ClN6O8S. The summed E-state index contributed by atoms with van der Waals surface area (Å²) in [5.74, 6) is -2.25. The predicted molar refractivity (Wildman–Crippen MR) is 204 cm³/mol. The summed E-state index contributed by atoms with van der Waals surface area (Å²) in [6.07, 6.45) is 3.58. The highest BCUT2D eigenvalue weighted by Crippen LogP contribution is 2.52. The van der Waals surface area contributed by atoms with Crippen LogP contribution in [0.4, 0.5) is 10.5 Å². The number of halogens is 1. The molecule has 2 aromatic carbocycles. The lowest BCUT2D eigenvalue weighted by atomic mass is 9.85. The zero-order chi connectivity index (χ0) is 39.3. The lowest BCUT2D eigenvalue weighted by Crippen LogP contribution is -2.64. The van der Waals surface area contributed by atoms with Crippen LogP contribution in [0, 0.1) is 11.3 Å². The summed E-state index contributed by atoms with van der Waals surface area (Å²) in [5.41, 5.74) is 3.41. The summed E-state index contributed by atoms with van der Waals surface area (Å²) >= 11 is 6.33. The van der Waals surface area contributed by atoms with Gasteiger partial charge in [0.15, 0.2) is 0 Å². The van der Waals surface area contributed by atoms with E-state index in [1.165, 1.54) is 36.4 Å². The van der Waals surface area contributed by atoms with E-state index in [1.807, 2.05) is 6.92 Å². The lowest BCUT2D eigenvalue weighted by Gasteiger charge is -2.40. The van der Waals surface area contributed by atoms with E-state index in [2.05, 4.69) is 21.6 Å². The van der Waals surface area contributed by atoms with Crippen molar-refractivity contribution in [2.75, 3.05) is 19.0 Å². The highest BCUT2D eigenvalue weighted by atomic mass is 35.5. The third-order valence-electron chi connectivity index (χ3n) is 10.3. The Labute approximate surface area is 319 Å². The minimum absolute atomic E-state index is 0.0190. The minimum Gasteiger partial charge on any atom is -0.494 e. The van der Waals surface area contributed by atoms with Gasteiger partial charge in [-0.05, 0) is 74.1 Å². The minimum atomic E-state index is -4.05. The number of benzene rings is 2. The fourth-order valence-corrected chi connectivity index (χ4v) is 8.56. The Hall–Kier alpha value is -4.89. The van der Waals surface area contributed by atoms with Gasteiger partial charge < -0.3 is 25.4 Å². The number of aromatic nitrogens is 1. The monoisotopic (exact) mass is 780 g/mol. The van der Waals surface area contributed by atoms with E-state index in [4.69, 9.17) is 26.8 Å². The van der Waals surface area contributed by atoms with Crippen LogP contribution in [0.15, 0.2) is 61.3 Å². The maximum atomic E-state index is 15.1. The topological polar surface area (TPSA) is 190 Å². The summed E-state index contributed by atoms with van der Waals surface area (Å²) in [4.78, 5) is 62.8. The zero-order valence-electron chi connectivity index (χ0n) is 30.8.